The Morgan fingerprint density at radius 3 is 2.08 bits per heavy atom. The van der Waals surface area contributed by atoms with E-state index in [0.717, 1.165) is 31.7 Å². The summed E-state index contributed by atoms with van der Waals surface area (Å²) >= 11 is 0. The Bertz CT molecular complexity index is 671. The van der Waals surface area contributed by atoms with Crippen molar-refractivity contribution >= 4 is 10.1 Å². The summed E-state index contributed by atoms with van der Waals surface area (Å²) in [7, 11) is 0.601. The number of benzene rings is 1. The summed E-state index contributed by atoms with van der Waals surface area (Å²) in [5, 5.41) is 0. The molecule has 8 nitrogen and oxygen atoms in total. The molecule has 0 bridgehead atoms. The van der Waals surface area contributed by atoms with Crippen LogP contribution in [0.15, 0.2) is 12.1 Å². The Morgan fingerprint density at radius 2 is 1.56 bits per heavy atom. The van der Waals surface area contributed by atoms with Crippen molar-refractivity contribution in [3.63, 3.8) is 0 Å². The first-order valence-corrected chi connectivity index (χ1v) is 9.61. The molecule has 0 spiro atoms. The van der Waals surface area contributed by atoms with Crippen molar-refractivity contribution in [3.05, 3.63) is 17.7 Å². The number of ether oxygens (including phenoxy) is 3. The molecule has 0 radical (unpaired) electrons. The largest absolute Gasteiger partial charge is 0.748 e. The van der Waals surface area contributed by atoms with Crippen molar-refractivity contribution < 1.29 is 27.2 Å². The Morgan fingerprint density at radius 1 is 0.960 bits per heavy atom. The number of methoxy groups -OCH3 is 3. The molecule has 0 unspecified atom stereocenters. The zero-order valence-electron chi connectivity index (χ0n) is 14.9. The van der Waals surface area contributed by atoms with E-state index in [1.54, 1.807) is 21.3 Å². The molecule has 142 valence electrons. The molecule has 1 fully saturated rings. The number of rotatable bonds is 8. The van der Waals surface area contributed by atoms with Crippen molar-refractivity contribution in [1.82, 2.24) is 9.80 Å². The van der Waals surface area contributed by atoms with Crippen LogP contribution in [0.3, 0.4) is 0 Å². The molecule has 0 N–H and O–H groups in total. The second-order valence-corrected chi connectivity index (χ2v) is 7.40. The molecule has 1 aromatic rings. The van der Waals surface area contributed by atoms with Crippen molar-refractivity contribution in [1.29, 1.82) is 0 Å². The smallest absolute Gasteiger partial charge is 0.203 e. The fourth-order valence-electron chi connectivity index (χ4n) is 2.94. The van der Waals surface area contributed by atoms with Crippen LogP contribution in [0.25, 0.3) is 0 Å². The van der Waals surface area contributed by atoms with Crippen molar-refractivity contribution in [2.45, 2.75) is 6.54 Å². The first kappa shape index (κ1) is 19.8. The van der Waals surface area contributed by atoms with E-state index < -0.39 is 10.1 Å². The second-order valence-electron chi connectivity index (χ2n) is 5.87. The molecule has 0 amide bonds. The summed E-state index contributed by atoms with van der Waals surface area (Å²) in [6.07, 6.45) is 0. The van der Waals surface area contributed by atoms with Crippen LogP contribution < -0.4 is 14.2 Å². The van der Waals surface area contributed by atoms with Gasteiger partial charge in [0.05, 0.1) is 37.2 Å². The highest BCUT2D eigenvalue weighted by molar-refractivity contribution is 7.85. The van der Waals surface area contributed by atoms with Gasteiger partial charge in [0.2, 0.25) is 5.75 Å². The van der Waals surface area contributed by atoms with Gasteiger partial charge >= 0.3 is 0 Å². The number of nitrogens with zero attached hydrogens (tertiary/aromatic N) is 2. The number of hydrogen-bond donors (Lipinski definition) is 0. The first-order chi connectivity index (χ1) is 11.9. The summed E-state index contributed by atoms with van der Waals surface area (Å²) < 4.78 is 48.4. The molecule has 9 heteroatoms. The third-order valence-corrected chi connectivity index (χ3v) is 4.98. The third kappa shape index (κ3) is 5.46. The van der Waals surface area contributed by atoms with E-state index in [-0.39, 0.29) is 5.75 Å². The zero-order valence-corrected chi connectivity index (χ0v) is 15.7. The normalized spacial score (nSPS) is 16.6. The minimum atomic E-state index is -4.16. The van der Waals surface area contributed by atoms with E-state index in [0.29, 0.717) is 30.3 Å². The maximum Gasteiger partial charge on any atom is 0.203 e. The molecule has 0 aromatic heterocycles. The van der Waals surface area contributed by atoms with Crippen LogP contribution >= 0.6 is 0 Å². The molecule has 2 rings (SSSR count). The Hall–Kier alpha value is -1.55. The third-order valence-electron chi connectivity index (χ3n) is 4.30. The fraction of sp³-hybridized carbons (Fsp3) is 0.625. The predicted octanol–water partition coefficient (Wildman–Crippen LogP) is 0.375. The van der Waals surface area contributed by atoms with Gasteiger partial charge in [0.1, 0.15) is 0 Å². The van der Waals surface area contributed by atoms with Gasteiger partial charge in [-0.25, -0.2) is 8.42 Å². The van der Waals surface area contributed by atoms with Crippen LogP contribution in [0.2, 0.25) is 0 Å². The second kappa shape index (κ2) is 8.70. The average molecular weight is 373 g/mol. The van der Waals surface area contributed by atoms with Gasteiger partial charge in [-0.1, -0.05) is 6.07 Å². The van der Waals surface area contributed by atoms with Gasteiger partial charge in [-0.2, -0.15) is 0 Å². The van der Waals surface area contributed by atoms with E-state index in [2.05, 4.69) is 4.90 Å². The Kier molecular flexibility index (Phi) is 6.88. The van der Waals surface area contributed by atoms with Crippen LogP contribution in [-0.4, -0.2) is 82.6 Å². The van der Waals surface area contributed by atoms with Crippen LogP contribution in [-0.2, 0) is 16.7 Å². The van der Waals surface area contributed by atoms with Gasteiger partial charge in [-0.05, 0) is 6.07 Å². The first-order valence-electron chi connectivity index (χ1n) is 8.04. The molecule has 1 aliphatic heterocycles. The van der Waals surface area contributed by atoms with Crippen LogP contribution in [0.4, 0.5) is 0 Å². The van der Waals surface area contributed by atoms with Crippen molar-refractivity contribution in [3.8, 4) is 17.2 Å². The van der Waals surface area contributed by atoms with Gasteiger partial charge in [-0.15, -0.1) is 0 Å². The molecular weight excluding hydrogens is 348 g/mol. The highest BCUT2D eigenvalue weighted by atomic mass is 32.2. The summed E-state index contributed by atoms with van der Waals surface area (Å²) in [6, 6.07) is 3.81. The minimum absolute atomic E-state index is 0.291. The van der Waals surface area contributed by atoms with Crippen molar-refractivity contribution in [2.75, 3.05) is 59.8 Å². The summed E-state index contributed by atoms with van der Waals surface area (Å²) in [5.41, 5.74) is 0.996. The summed E-state index contributed by atoms with van der Waals surface area (Å²) in [4.78, 5) is 4.25. The fourth-order valence-corrected chi connectivity index (χ4v) is 3.42. The summed E-state index contributed by atoms with van der Waals surface area (Å²) in [5.74, 6) is 1.51. The van der Waals surface area contributed by atoms with Gasteiger partial charge in [0.15, 0.2) is 11.5 Å². The monoisotopic (exact) mass is 373 g/mol. The van der Waals surface area contributed by atoms with Gasteiger partial charge in [0.25, 0.3) is 0 Å². The van der Waals surface area contributed by atoms with E-state index in [4.69, 9.17) is 14.2 Å². The van der Waals surface area contributed by atoms with E-state index >= 15 is 0 Å². The van der Waals surface area contributed by atoms with E-state index in [9.17, 15) is 13.0 Å². The average Bonchev–Trinajstić information content (AvgIpc) is 2.59. The lowest BCUT2D eigenvalue weighted by Gasteiger charge is -2.35. The van der Waals surface area contributed by atoms with Gasteiger partial charge < -0.3 is 18.8 Å². The highest BCUT2D eigenvalue weighted by Gasteiger charge is 2.21. The molecule has 1 saturated heterocycles. The molecule has 1 heterocycles. The van der Waals surface area contributed by atoms with Crippen molar-refractivity contribution in [2.24, 2.45) is 0 Å². The molecule has 0 atom stereocenters. The van der Waals surface area contributed by atoms with Gasteiger partial charge in [-0.3, -0.25) is 9.80 Å². The lowest BCUT2D eigenvalue weighted by molar-refractivity contribution is 0.131. The molecule has 1 aliphatic rings. The van der Waals surface area contributed by atoms with Crippen LogP contribution in [0.1, 0.15) is 5.56 Å². The SMILES string of the molecule is COc1ccc(CN2CCN(CCS(=O)(=O)[O-])CC2)c(OC)c1OC. The lowest BCUT2D eigenvalue weighted by Crippen LogP contribution is -2.47. The topological polar surface area (TPSA) is 91.4 Å². The highest BCUT2D eigenvalue weighted by Crippen LogP contribution is 2.40. The zero-order chi connectivity index (χ0) is 18.4. The Balaban J connectivity index is 1.98. The summed E-state index contributed by atoms with van der Waals surface area (Å²) in [6.45, 7) is 4.01. The minimum Gasteiger partial charge on any atom is -0.748 e. The number of piperazine rings is 1. The maximum absolute atomic E-state index is 10.7. The predicted molar refractivity (Wildman–Crippen MR) is 92.4 cm³/mol. The van der Waals surface area contributed by atoms with Gasteiger partial charge in [0, 0.05) is 44.8 Å². The molecule has 0 saturated carbocycles. The van der Waals surface area contributed by atoms with Crippen LogP contribution in [0, 0.1) is 0 Å². The lowest BCUT2D eigenvalue weighted by atomic mass is 10.1. The van der Waals surface area contributed by atoms with Crippen LogP contribution in [0.5, 0.6) is 17.2 Å². The Labute approximate surface area is 149 Å². The van der Waals surface area contributed by atoms with E-state index in [1.165, 1.54) is 0 Å². The quantitative estimate of drug-likeness (QED) is 0.604. The number of hydrogen-bond acceptors (Lipinski definition) is 8. The molecule has 25 heavy (non-hydrogen) atoms. The molecular formula is C16H25N2O6S-. The van der Waals surface area contributed by atoms with E-state index in [1.807, 2.05) is 17.0 Å². The standard InChI is InChI=1S/C16H26N2O6S/c1-22-14-5-4-13(15(23-2)16(14)24-3)12-18-8-6-17(7-9-18)10-11-25(19,20)21/h4-5H,6-12H2,1-3H3,(H,19,20,21)/p-1. The molecule has 0 aliphatic carbocycles. The maximum atomic E-state index is 10.7. The molecule has 1 aromatic carbocycles.